The molecule has 0 radical (unpaired) electrons. The number of ketones is 1. The first-order valence-corrected chi connectivity index (χ1v) is 12.2. The summed E-state index contributed by atoms with van der Waals surface area (Å²) in [5, 5.41) is 0. The maximum atomic E-state index is 13.3. The molecule has 5 rings (SSSR count). The number of benzene rings is 3. The van der Waals surface area contributed by atoms with Gasteiger partial charge < -0.3 is 23.7 Å². The zero-order valence-corrected chi connectivity index (χ0v) is 21.7. The van der Waals surface area contributed by atoms with Crippen LogP contribution in [0.5, 0.6) is 23.0 Å². The molecule has 39 heavy (non-hydrogen) atoms. The number of ether oxygens (including phenoxy) is 5. The van der Waals surface area contributed by atoms with Crippen LogP contribution in [0.25, 0.3) is 6.08 Å². The average Bonchev–Trinajstić information content (AvgIpc) is 3.25. The quantitative estimate of drug-likeness (QED) is 0.172. The fraction of sp³-hybridized carbons (Fsp3) is 0.194. The highest BCUT2D eigenvalue weighted by Gasteiger charge is 2.38. The van der Waals surface area contributed by atoms with Gasteiger partial charge in [-0.2, -0.15) is 0 Å². The second kappa shape index (κ2) is 10.5. The van der Waals surface area contributed by atoms with Crippen molar-refractivity contribution in [2.24, 2.45) is 0 Å². The fourth-order valence-electron chi connectivity index (χ4n) is 4.60. The molecule has 2 heterocycles. The van der Waals surface area contributed by atoms with Crippen LogP contribution in [-0.2, 0) is 9.53 Å². The highest BCUT2D eigenvalue weighted by atomic mass is 16.5. The average molecular weight is 527 g/mol. The summed E-state index contributed by atoms with van der Waals surface area (Å²) in [5.74, 6) is 0.305. The molecule has 0 spiro atoms. The summed E-state index contributed by atoms with van der Waals surface area (Å²) in [6, 6.07) is 15.3. The predicted molar refractivity (Wildman–Crippen MR) is 143 cm³/mol. The third-order valence-electron chi connectivity index (χ3n) is 6.47. The van der Waals surface area contributed by atoms with Crippen molar-refractivity contribution in [3.63, 3.8) is 0 Å². The van der Waals surface area contributed by atoms with Crippen molar-refractivity contribution in [3.05, 3.63) is 100 Å². The van der Waals surface area contributed by atoms with Gasteiger partial charge in [0.2, 0.25) is 5.78 Å². The Morgan fingerprint density at radius 2 is 1.79 bits per heavy atom. The first-order chi connectivity index (χ1) is 18.8. The van der Waals surface area contributed by atoms with E-state index in [4.69, 9.17) is 23.7 Å². The molecule has 3 aromatic rings. The van der Waals surface area contributed by atoms with Gasteiger partial charge >= 0.3 is 11.9 Å². The summed E-state index contributed by atoms with van der Waals surface area (Å²) in [6.45, 7) is 6.05. The molecule has 1 atom stereocenters. The van der Waals surface area contributed by atoms with Crippen molar-refractivity contribution in [2.45, 2.75) is 19.3 Å². The Balaban J connectivity index is 1.53. The topological polar surface area (TPSA) is 97.4 Å². The standard InChI is InChI=1S/C31H26O8/c1-17(2)16-37-25-14-20(9-11-23(25)35-3)22-15-27(32)38-24-12-10-21-29(33)26(39-30(21)28(22)24)13-18-5-7-19(8-6-18)31(34)36-4/h5-14,22H,1,15-16H2,2-4H3/b26-13-/t22-/m1/s1. The minimum absolute atomic E-state index is 0.0568. The lowest BCUT2D eigenvalue weighted by Gasteiger charge is -2.27. The molecule has 198 valence electrons. The smallest absolute Gasteiger partial charge is 0.337 e. The van der Waals surface area contributed by atoms with Crippen molar-refractivity contribution in [1.82, 2.24) is 0 Å². The van der Waals surface area contributed by atoms with E-state index in [1.807, 2.05) is 19.1 Å². The molecule has 2 aliphatic heterocycles. The molecular formula is C31H26O8. The molecule has 8 nitrogen and oxygen atoms in total. The number of carbonyl (C=O) groups is 3. The minimum atomic E-state index is -0.450. The van der Waals surface area contributed by atoms with Gasteiger partial charge in [-0.15, -0.1) is 0 Å². The van der Waals surface area contributed by atoms with Crippen LogP contribution < -0.4 is 18.9 Å². The maximum absolute atomic E-state index is 13.3. The van der Waals surface area contributed by atoms with Crippen molar-refractivity contribution >= 4 is 23.8 Å². The van der Waals surface area contributed by atoms with E-state index in [-0.39, 0.29) is 18.0 Å². The highest BCUT2D eigenvalue weighted by molar-refractivity contribution is 6.15. The monoisotopic (exact) mass is 526 g/mol. The number of hydrogen-bond acceptors (Lipinski definition) is 8. The summed E-state index contributed by atoms with van der Waals surface area (Å²) >= 11 is 0. The Labute approximate surface area is 225 Å². The molecule has 0 aromatic heterocycles. The Kier molecular flexibility index (Phi) is 6.94. The zero-order valence-electron chi connectivity index (χ0n) is 21.7. The molecular weight excluding hydrogens is 500 g/mol. The van der Waals surface area contributed by atoms with Crippen LogP contribution >= 0.6 is 0 Å². The van der Waals surface area contributed by atoms with Crippen LogP contribution in [0.15, 0.2) is 72.5 Å². The van der Waals surface area contributed by atoms with E-state index in [9.17, 15) is 14.4 Å². The summed E-state index contributed by atoms with van der Waals surface area (Å²) in [6.07, 6.45) is 1.66. The number of Topliss-reactive ketones (excluding diaryl/α,β-unsaturated/α-hetero) is 1. The molecule has 0 saturated carbocycles. The summed E-state index contributed by atoms with van der Waals surface area (Å²) in [4.78, 5) is 37.6. The number of hydrogen-bond donors (Lipinski definition) is 0. The number of carbonyl (C=O) groups excluding carboxylic acids is 3. The van der Waals surface area contributed by atoms with Crippen molar-refractivity contribution in [2.75, 3.05) is 20.8 Å². The van der Waals surface area contributed by atoms with Gasteiger partial charge in [0, 0.05) is 11.5 Å². The van der Waals surface area contributed by atoms with Gasteiger partial charge in [0.1, 0.15) is 18.1 Å². The van der Waals surface area contributed by atoms with E-state index in [0.717, 1.165) is 11.1 Å². The fourth-order valence-corrected chi connectivity index (χ4v) is 4.60. The van der Waals surface area contributed by atoms with Gasteiger partial charge in [0.05, 0.1) is 31.8 Å². The Hall–Kier alpha value is -4.85. The van der Waals surface area contributed by atoms with Crippen molar-refractivity contribution in [1.29, 1.82) is 0 Å². The van der Waals surface area contributed by atoms with E-state index >= 15 is 0 Å². The molecule has 0 amide bonds. The Bertz CT molecular complexity index is 1530. The molecule has 0 N–H and O–H groups in total. The number of methoxy groups -OCH3 is 2. The highest BCUT2D eigenvalue weighted by Crippen LogP contribution is 2.49. The predicted octanol–water partition coefficient (Wildman–Crippen LogP) is 5.49. The van der Waals surface area contributed by atoms with Gasteiger partial charge in [-0.05, 0) is 66.1 Å². The first kappa shape index (κ1) is 25.8. The van der Waals surface area contributed by atoms with Crippen LogP contribution in [0.3, 0.4) is 0 Å². The van der Waals surface area contributed by atoms with Gasteiger partial charge in [-0.25, -0.2) is 4.79 Å². The third kappa shape index (κ3) is 5.01. The van der Waals surface area contributed by atoms with E-state index in [0.29, 0.717) is 51.9 Å². The molecule has 0 bridgehead atoms. The molecule has 0 aliphatic carbocycles. The van der Waals surface area contributed by atoms with Crippen LogP contribution in [0, 0.1) is 0 Å². The lowest BCUT2D eigenvalue weighted by atomic mass is 9.84. The minimum Gasteiger partial charge on any atom is -0.493 e. The second-order valence-corrected chi connectivity index (χ2v) is 9.29. The van der Waals surface area contributed by atoms with Crippen LogP contribution in [0.1, 0.15) is 56.7 Å². The summed E-state index contributed by atoms with van der Waals surface area (Å²) in [7, 11) is 2.87. The Morgan fingerprint density at radius 3 is 2.49 bits per heavy atom. The van der Waals surface area contributed by atoms with E-state index < -0.39 is 17.9 Å². The number of fused-ring (bicyclic) bond motifs is 3. The number of rotatable bonds is 7. The van der Waals surface area contributed by atoms with Gasteiger partial charge in [-0.3, -0.25) is 9.59 Å². The van der Waals surface area contributed by atoms with Crippen LogP contribution in [-0.4, -0.2) is 38.5 Å². The number of esters is 2. The SMILES string of the molecule is C=C(C)COc1cc([C@H]2CC(=O)Oc3ccc4c(c32)O/C(=C\c2ccc(C(=O)OC)cc2)C4=O)ccc1OC. The second-order valence-electron chi connectivity index (χ2n) is 9.29. The largest absolute Gasteiger partial charge is 0.493 e. The summed E-state index contributed by atoms with van der Waals surface area (Å²) < 4.78 is 27.7. The van der Waals surface area contributed by atoms with Gasteiger partial charge in [0.25, 0.3) is 0 Å². The molecule has 0 fully saturated rings. The third-order valence-corrected chi connectivity index (χ3v) is 6.47. The first-order valence-electron chi connectivity index (χ1n) is 12.2. The lowest BCUT2D eigenvalue weighted by molar-refractivity contribution is -0.135. The lowest BCUT2D eigenvalue weighted by Crippen LogP contribution is -2.21. The van der Waals surface area contributed by atoms with E-state index in [1.165, 1.54) is 7.11 Å². The van der Waals surface area contributed by atoms with Gasteiger partial charge in [0.15, 0.2) is 17.3 Å². The van der Waals surface area contributed by atoms with Crippen molar-refractivity contribution in [3.8, 4) is 23.0 Å². The molecule has 3 aromatic carbocycles. The van der Waals surface area contributed by atoms with Crippen LogP contribution in [0.4, 0.5) is 0 Å². The van der Waals surface area contributed by atoms with E-state index in [2.05, 4.69) is 6.58 Å². The maximum Gasteiger partial charge on any atom is 0.337 e. The molecule has 2 aliphatic rings. The number of allylic oxidation sites excluding steroid dienone is 1. The molecule has 0 saturated heterocycles. The molecule has 0 unspecified atom stereocenters. The van der Waals surface area contributed by atoms with Gasteiger partial charge in [-0.1, -0.05) is 24.8 Å². The van der Waals surface area contributed by atoms with Crippen LogP contribution in [0.2, 0.25) is 0 Å². The molecule has 8 heteroatoms. The Morgan fingerprint density at radius 1 is 1.03 bits per heavy atom. The zero-order chi connectivity index (χ0) is 27.7. The normalized spacial score (nSPS) is 16.6. The van der Waals surface area contributed by atoms with Crippen molar-refractivity contribution < 1.29 is 38.1 Å². The summed E-state index contributed by atoms with van der Waals surface area (Å²) in [5.41, 5.74) is 3.68. The van der Waals surface area contributed by atoms with E-state index in [1.54, 1.807) is 55.7 Å².